The van der Waals surface area contributed by atoms with E-state index in [1.165, 1.54) is 53.7 Å². The van der Waals surface area contributed by atoms with Crippen LogP contribution in [0.2, 0.25) is 0 Å². The molecule has 149 heavy (non-hydrogen) atoms. The lowest BCUT2D eigenvalue weighted by atomic mass is 9.86. The number of aromatic nitrogens is 10. The van der Waals surface area contributed by atoms with E-state index in [9.17, 15) is 103 Å². The summed E-state index contributed by atoms with van der Waals surface area (Å²) in [4.78, 5) is 93.8. The van der Waals surface area contributed by atoms with E-state index in [1.807, 2.05) is 0 Å². The zero-order chi connectivity index (χ0) is 106. The Labute approximate surface area is 853 Å². The van der Waals surface area contributed by atoms with E-state index < -0.39 is 68.7 Å². The fourth-order valence-electron chi connectivity index (χ4n) is 22.3. The summed E-state index contributed by atoms with van der Waals surface area (Å²) in [7, 11) is -3.39. The lowest BCUT2D eigenvalue weighted by molar-refractivity contribution is -0.139. The minimum Gasteiger partial charge on any atom is -0.337 e. The maximum absolute atomic E-state index is 13.4. The standard InChI is InChI=1S/C22H27F3N4O.C21H25F3N4O3S.2C21H25F3N4O.C20H21F3N4O2/c1-2-28-11-5-8-19-17(14-28)20(27-26-19)21(30)29-12-9-15(10-13-29)16-6-3-4-7-18(16)22(23,24)25;1-2-32(30,31)28-12-9-18-16(13-28)19(26-25-18)20(29)27-10-7-14(8-11-27)15-5-3-4-6-17(15)21(22,23)24;1-2-27-10-9-18-16(13-27)19(26-25-18)20(29)28-11-7-14(8-12-28)15-5-3-4-6-17(15)21(22,23)24;1-2-27-10-9-16-18(13-27)25-26-19(16)20(29)28-11-7-14(8-12-28)15-5-3-4-6-17(15)21(22,23)24;1-12(28)27-10-15-17(11-27)24-25-18(15)19(29)26-8-6-13(7-9-26)14-4-2-3-5-16(14)20(21,22)23/h3-4,6-7,15H,2,5,8-14H2,1H3,(H,26,27);3-6,14H,2,7-13H2,1H3,(H,25,26);2*3-6,14H,2,7-13H2,1H3,(H,25,26);2-5,13H,6-11H2,1H3,(H,24,25). The maximum Gasteiger partial charge on any atom is 0.416 e. The third-order valence-corrected chi connectivity index (χ3v) is 32.6. The van der Waals surface area contributed by atoms with Crippen LogP contribution in [-0.2, 0) is 111 Å². The van der Waals surface area contributed by atoms with E-state index >= 15 is 0 Å². The highest BCUT2D eigenvalue weighted by molar-refractivity contribution is 7.89. The first kappa shape index (κ1) is 109. The molecule has 0 bridgehead atoms. The number of nitrogens with zero attached hydrogens (tertiary/aromatic N) is 15. The number of H-pyrrole nitrogens is 5. The molecule has 15 heterocycles. The molecular formula is C105H123F15N20O8S. The van der Waals surface area contributed by atoms with Gasteiger partial charge in [-0.25, -0.2) is 8.42 Å². The first-order chi connectivity index (χ1) is 71.0. The van der Waals surface area contributed by atoms with Crippen molar-refractivity contribution in [1.29, 1.82) is 0 Å². The number of aromatic amines is 5. The van der Waals surface area contributed by atoms with Gasteiger partial charge in [0.05, 0.1) is 58.0 Å². The summed E-state index contributed by atoms with van der Waals surface area (Å²) in [5.41, 5.74) is 9.39. The molecule has 5 aromatic heterocycles. The van der Waals surface area contributed by atoms with Crippen molar-refractivity contribution in [2.45, 2.75) is 231 Å². The average molecular weight is 2110 g/mol. The highest BCUT2D eigenvalue weighted by atomic mass is 32.2. The lowest BCUT2D eigenvalue weighted by Gasteiger charge is -2.33. The first-order valence-corrected chi connectivity index (χ1v) is 52.6. The molecule has 44 heteroatoms. The number of halogens is 15. The Morgan fingerprint density at radius 3 is 0.832 bits per heavy atom. The predicted octanol–water partition coefficient (Wildman–Crippen LogP) is 18.3. The van der Waals surface area contributed by atoms with E-state index in [0.29, 0.717) is 219 Å². The van der Waals surface area contributed by atoms with Gasteiger partial charge >= 0.3 is 30.9 Å². The Morgan fingerprint density at radius 1 is 0.289 bits per heavy atom. The number of carbonyl (C=O) groups excluding carboxylic acids is 6. The second-order valence-corrected chi connectivity index (χ2v) is 41.7. The number of piperidine rings is 5. The SMILES string of the molecule is CC(=O)N1Cc2[nH]nc(C(=O)N3CCC(c4ccccc4C(F)(F)F)CC3)c2C1.CCN1CCCc2[nH]nc(C(=O)N3CCC(c4ccccc4C(F)(F)F)CC3)c2C1.CCN1CCc2[nH]nc(C(=O)N3CCC(c4ccccc4C(F)(F)F)CC3)c2C1.CCN1CCc2c(C(=O)N3CCC(c4ccccc4C(F)(F)F)CC3)n[nH]c2C1.CCS(=O)(=O)N1CCc2[nH]nc(C(=O)N3CCC(c4ccccc4C(F)(F)F)CC3)c2C1. The zero-order valence-corrected chi connectivity index (χ0v) is 84.4. The number of nitrogens with one attached hydrogen (secondary N) is 5. The largest absolute Gasteiger partial charge is 0.416 e. The second-order valence-electron chi connectivity index (χ2n) is 39.5. The van der Waals surface area contributed by atoms with Crippen LogP contribution in [0.25, 0.3) is 0 Å². The van der Waals surface area contributed by atoms with Gasteiger partial charge in [-0.1, -0.05) is 112 Å². The van der Waals surface area contributed by atoms with Crippen LogP contribution < -0.4 is 0 Å². The summed E-state index contributed by atoms with van der Waals surface area (Å²) < 4.78 is 226. The van der Waals surface area contributed by atoms with Gasteiger partial charge < -0.3 is 29.4 Å². The van der Waals surface area contributed by atoms with Crippen LogP contribution in [0.4, 0.5) is 65.9 Å². The molecule has 10 aromatic rings. The van der Waals surface area contributed by atoms with E-state index in [2.05, 4.69) is 86.5 Å². The fraction of sp³-hybridized carbons (Fsp3) is 0.514. The van der Waals surface area contributed by atoms with Gasteiger partial charge in [0.25, 0.3) is 29.5 Å². The number of likely N-dealkylation sites (tertiary alicyclic amines) is 5. The van der Waals surface area contributed by atoms with Crippen LogP contribution in [0.15, 0.2) is 121 Å². The number of alkyl halides is 15. The van der Waals surface area contributed by atoms with Gasteiger partial charge in [-0.3, -0.25) is 69.0 Å². The quantitative estimate of drug-likeness (QED) is 0.0596. The molecule has 5 saturated heterocycles. The number of amides is 6. The summed E-state index contributed by atoms with van der Waals surface area (Å²) in [6, 6.07) is 28.6. The highest BCUT2D eigenvalue weighted by Crippen LogP contribution is 2.47. The lowest BCUT2D eigenvalue weighted by Crippen LogP contribution is -2.40. The van der Waals surface area contributed by atoms with Crippen LogP contribution in [0.3, 0.4) is 0 Å². The number of hydrogen-bond donors (Lipinski definition) is 5. The fourth-order valence-corrected chi connectivity index (χ4v) is 23.4. The monoisotopic (exact) mass is 2110 g/mol. The molecule has 20 rings (SSSR count). The molecular weight excluding hydrogens is 1990 g/mol. The molecule has 802 valence electrons. The third-order valence-electron chi connectivity index (χ3n) is 30.8. The van der Waals surface area contributed by atoms with Crippen molar-refractivity contribution < 1.29 is 103 Å². The van der Waals surface area contributed by atoms with Gasteiger partial charge in [0, 0.05) is 176 Å². The number of benzene rings is 5. The summed E-state index contributed by atoms with van der Waals surface area (Å²) in [5.74, 6) is -2.11. The summed E-state index contributed by atoms with van der Waals surface area (Å²) in [6.45, 7) is 22.4. The number of rotatable bonds is 15. The molecule has 10 aliphatic heterocycles. The van der Waals surface area contributed by atoms with Gasteiger partial charge in [0.15, 0.2) is 28.5 Å². The van der Waals surface area contributed by atoms with Crippen LogP contribution >= 0.6 is 0 Å². The molecule has 5 N–H and O–H groups in total. The van der Waals surface area contributed by atoms with Crippen molar-refractivity contribution >= 4 is 45.5 Å². The van der Waals surface area contributed by atoms with Gasteiger partial charge in [-0.05, 0) is 204 Å². The van der Waals surface area contributed by atoms with Crippen molar-refractivity contribution in [3.8, 4) is 0 Å². The second kappa shape index (κ2) is 46.3. The normalized spacial score (nSPS) is 18.5. The summed E-state index contributed by atoms with van der Waals surface area (Å²) >= 11 is 0. The Hall–Kier alpha value is -12.3. The number of hydrogen-bond acceptors (Lipinski definition) is 16. The van der Waals surface area contributed by atoms with Crippen molar-refractivity contribution in [3.05, 3.63) is 262 Å². The van der Waals surface area contributed by atoms with Crippen LogP contribution in [0.5, 0.6) is 0 Å². The Balaban J connectivity index is 0.000000133. The van der Waals surface area contributed by atoms with Gasteiger partial charge in [-0.15, -0.1) is 0 Å². The van der Waals surface area contributed by atoms with Gasteiger partial charge in [-0.2, -0.15) is 95.7 Å². The molecule has 10 aliphatic rings. The molecule has 5 fully saturated rings. The van der Waals surface area contributed by atoms with Gasteiger partial charge in [0.2, 0.25) is 15.9 Å². The van der Waals surface area contributed by atoms with Gasteiger partial charge in [0.1, 0.15) is 0 Å². The molecule has 28 nitrogen and oxygen atoms in total. The van der Waals surface area contributed by atoms with Crippen molar-refractivity contribution in [3.63, 3.8) is 0 Å². The highest BCUT2D eigenvalue weighted by Gasteiger charge is 2.46. The topological polar surface area (TPSA) is 312 Å². The van der Waals surface area contributed by atoms with E-state index in [-0.39, 0.29) is 88.6 Å². The van der Waals surface area contributed by atoms with Crippen molar-refractivity contribution in [1.82, 2.24) is 99.4 Å². The predicted molar refractivity (Wildman–Crippen MR) is 522 cm³/mol. The zero-order valence-electron chi connectivity index (χ0n) is 83.6. The molecule has 0 atom stereocenters. The van der Waals surface area contributed by atoms with E-state index in [0.717, 1.165) is 153 Å². The minimum absolute atomic E-state index is 0.0175. The first-order valence-electron chi connectivity index (χ1n) is 51.0. The molecule has 6 amide bonds. The number of carbonyl (C=O) groups is 6. The molecule has 5 aromatic carbocycles. The van der Waals surface area contributed by atoms with E-state index in [4.69, 9.17) is 0 Å². The minimum atomic E-state index is -4.41. The summed E-state index contributed by atoms with van der Waals surface area (Å²) in [6.07, 6.45) is -13.0. The van der Waals surface area contributed by atoms with Crippen LogP contribution in [-0.4, -0.2) is 260 Å². The van der Waals surface area contributed by atoms with Crippen LogP contribution in [0, 0.1) is 0 Å². The third kappa shape index (κ3) is 25.0. The molecule has 0 aliphatic carbocycles. The van der Waals surface area contributed by atoms with Crippen LogP contribution in [0.1, 0.15) is 299 Å². The number of aryl methyl sites for hydroxylation is 1. The van der Waals surface area contributed by atoms with Crippen molar-refractivity contribution in [2.75, 3.05) is 117 Å². The number of sulfonamides is 1. The van der Waals surface area contributed by atoms with E-state index in [1.54, 1.807) is 84.9 Å². The smallest absolute Gasteiger partial charge is 0.337 e. The van der Waals surface area contributed by atoms with Crippen molar-refractivity contribution in [2.24, 2.45) is 0 Å². The molecule has 0 saturated carbocycles. The maximum atomic E-state index is 13.4. The molecule has 0 radical (unpaired) electrons. The Kier molecular flexibility index (Phi) is 34.0. The number of likely N-dealkylation sites (N-methyl/N-ethyl adjacent to an activating group) is 2. The average Bonchev–Trinajstić information content (AvgIpc) is 1.63. The number of fused-ring (bicyclic) bond motifs is 5. The Bertz CT molecular complexity index is 6510. The molecule has 0 spiro atoms. The molecule has 0 unspecified atom stereocenters. The summed E-state index contributed by atoms with van der Waals surface area (Å²) in [5, 5.41) is 35.9. The Morgan fingerprint density at radius 2 is 0.537 bits per heavy atom.